The van der Waals surface area contributed by atoms with Crippen molar-refractivity contribution < 1.29 is 4.39 Å². The Balaban J connectivity index is 1.71. The molecule has 1 saturated carbocycles. The van der Waals surface area contributed by atoms with E-state index in [2.05, 4.69) is 15.7 Å². The summed E-state index contributed by atoms with van der Waals surface area (Å²) in [5.41, 5.74) is 4.17. The summed E-state index contributed by atoms with van der Waals surface area (Å²) in [6, 6.07) is 7.56. The van der Waals surface area contributed by atoms with E-state index in [4.69, 9.17) is 0 Å². The molecule has 2 nitrogen and oxygen atoms in total. The van der Waals surface area contributed by atoms with E-state index in [0.717, 1.165) is 18.7 Å². The van der Waals surface area contributed by atoms with Crippen molar-refractivity contribution >= 4 is 11.3 Å². The van der Waals surface area contributed by atoms with Gasteiger partial charge in [0.2, 0.25) is 0 Å². The van der Waals surface area contributed by atoms with Crippen molar-refractivity contribution in [2.45, 2.75) is 31.2 Å². The largest absolute Gasteiger partial charge is 0.313 e. The molecule has 2 aromatic rings. The topological polar surface area (TPSA) is 24.9 Å². The Morgan fingerprint density at radius 3 is 2.74 bits per heavy atom. The summed E-state index contributed by atoms with van der Waals surface area (Å²) in [6.45, 7) is 0.938. The number of nitrogens with one attached hydrogen (secondary N) is 1. The van der Waals surface area contributed by atoms with Gasteiger partial charge in [-0.2, -0.15) is 0 Å². The first-order chi connectivity index (χ1) is 9.31. The molecule has 0 spiro atoms. The van der Waals surface area contributed by atoms with Crippen LogP contribution in [0, 0.1) is 5.82 Å². The first kappa shape index (κ1) is 12.8. The zero-order chi connectivity index (χ0) is 13.1. The molecular formula is C15H17FN2S. The summed E-state index contributed by atoms with van der Waals surface area (Å²) >= 11 is 1.62. The summed E-state index contributed by atoms with van der Waals surface area (Å²) < 4.78 is 13.0. The van der Waals surface area contributed by atoms with E-state index in [1.165, 1.54) is 18.4 Å². The zero-order valence-electron chi connectivity index (χ0n) is 10.7. The van der Waals surface area contributed by atoms with E-state index in [1.54, 1.807) is 23.5 Å². The highest BCUT2D eigenvalue weighted by Gasteiger charge is 2.22. The molecule has 0 bridgehead atoms. The number of rotatable bonds is 6. The molecule has 19 heavy (non-hydrogen) atoms. The minimum atomic E-state index is -0.175. The van der Waals surface area contributed by atoms with Gasteiger partial charge in [0, 0.05) is 23.9 Å². The van der Waals surface area contributed by atoms with Gasteiger partial charge in [-0.05, 0) is 37.0 Å². The van der Waals surface area contributed by atoms with Gasteiger partial charge in [-0.25, -0.2) is 9.37 Å². The highest BCUT2D eigenvalue weighted by atomic mass is 32.1. The highest BCUT2D eigenvalue weighted by molar-refractivity contribution is 7.07. The van der Waals surface area contributed by atoms with Crippen LogP contribution in [0.1, 0.15) is 30.0 Å². The van der Waals surface area contributed by atoms with Crippen molar-refractivity contribution in [1.29, 1.82) is 0 Å². The fourth-order valence-electron chi connectivity index (χ4n) is 2.23. The summed E-state index contributed by atoms with van der Waals surface area (Å²) in [6.07, 6.45) is 3.48. The van der Waals surface area contributed by atoms with Crippen LogP contribution >= 0.6 is 11.3 Å². The van der Waals surface area contributed by atoms with Gasteiger partial charge in [-0.3, -0.25) is 0 Å². The second-order valence-corrected chi connectivity index (χ2v) is 5.83. The molecule has 1 aromatic carbocycles. The normalized spacial score (nSPS) is 16.5. The standard InChI is InChI=1S/C15H17FN2S/c16-13-3-1-11(2-4-13)12(8-17-14-5-6-14)7-15-9-19-10-18-15/h1-4,9-10,12,14,17H,5-8H2. The number of benzene rings is 1. The van der Waals surface area contributed by atoms with E-state index < -0.39 is 0 Å². The molecule has 1 unspecified atom stereocenters. The number of aromatic nitrogens is 1. The van der Waals surface area contributed by atoms with Crippen LogP contribution in [0.15, 0.2) is 35.2 Å². The minimum Gasteiger partial charge on any atom is -0.313 e. The lowest BCUT2D eigenvalue weighted by atomic mass is 9.94. The van der Waals surface area contributed by atoms with Crippen molar-refractivity contribution in [2.75, 3.05) is 6.54 Å². The third-order valence-corrected chi connectivity index (χ3v) is 4.15. The monoisotopic (exact) mass is 276 g/mol. The summed E-state index contributed by atoms with van der Waals surface area (Å²) in [4.78, 5) is 4.36. The van der Waals surface area contributed by atoms with Crippen LogP contribution in [0.4, 0.5) is 4.39 Å². The van der Waals surface area contributed by atoms with Gasteiger partial charge in [-0.1, -0.05) is 12.1 Å². The predicted octanol–water partition coefficient (Wildman–Crippen LogP) is 3.36. The Morgan fingerprint density at radius 2 is 2.11 bits per heavy atom. The molecule has 4 heteroatoms. The van der Waals surface area contributed by atoms with Gasteiger partial charge >= 0.3 is 0 Å². The van der Waals surface area contributed by atoms with Crippen molar-refractivity contribution in [1.82, 2.24) is 10.3 Å². The molecule has 100 valence electrons. The summed E-state index contributed by atoms with van der Waals surface area (Å²) in [5.74, 6) is 0.189. The molecule has 1 atom stereocenters. The van der Waals surface area contributed by atoms with Gasteiger partial charge in [0.15, 0.2) is 0 Å². The van der Waals surface area contributed by atoms with Gasteiger partial charge in [0.1, 0.15) is 5.82 Å². The third-order valence-electron chi connectivity index (χ3n) is 3.51. The average Bonchev–Trinajstić information content (AvgIpc) is 3.11. The molecule has 0 radical (unpaired) electrons. The Hall–Kier alpha value is -1.26. The van der Waals surface area contributed by atoms with Gasteiger partial charge < -0.3 is 5.32 Å². The van der Waals surface area contributed by atoms with Crippen LogP contribution in [0.3, 0.4) is 0 Å². The first-order valence-corrected chi connectivity index (χ1v) is 7.61. The molecule has 0 amide bonds. The van der Waals surface area contributed by atoms with Crippen LogP contribution in [-0.4, -0.2) is 17.6 Å². The molecule has 1 N–H and O–H groups in total. The van der Waals surface area contributed by atoms with E-state index in [0.29, 0.717) is 12.0 Å². The minimum absolute atomic E-state index is 0.175. The smallest absolute Gasteiger partial charge is 0.123 e. The lowest BCUT2D eigenvalue weighted by Crippen LogP contribution is -2.25. The van der Waals surface area contributed by atoms with Crippen molar-refractivity contribution in [2.24, 2.45) is 0 Å². The van der Waals surface area contributed by atoms with E-state index >= 15 is 0 Å². The van der Waals surface area contributed by atoms with Gasteiger partial charge in [0.05, 0.1) is 11.2 Å². The molecule has 3 rings (SSSR count). The van der Waals surface area contributed by atoms with Crippen molar-refractivity contribution in [3.63, 3.8) is 0 Å². The Kier molecular flexibility index (Phi) is 3.89. The lowest BCUT2D eigenvalue weighted by molar-refractivity contribution is 0.570. The van der Waals surface area contributed by atoms with Gasteiger partial charge in [-0.15, -0.1) is 11.3 Å². The molecule has 1 aliphatic carbocycles. The first-order valence-electron chi connectivity index (χ1n) is 6.67. The van der Waals surface area contributed by atoms with E-state index in [9.17, 15) is 4.39 Å². The zero-order valence-corrected chi connectivity index (χ0v) is 11.5. The maximum absolute atomic E-state index is 13.0. The fraction of sp³-hybridized carbons (Fsp3) is 0.400. The maximum atomic E-state index is 13.0. The van der Waals surface area contributed by atoms with Crippen LogP contribution in [-0.2, 0) is 6.42 Å². The quantitative estimate of drug-likeness (QED) is 0.875. The van der Waals surface area contributed by atoms with Gasteiger partial charge in [0.25, 0.3) is 0 Å². The van der Waals surface area contributed by atoms with Crippen LogP contribution < -0.4 is 5.32 Å². The SMILES string of the molecule is Fc1ccc(C(CNC2CC2)Cc2cscn2)cc1. The van der Waals surface area contributed by atoms with E-state index in [-0.39, 0.29) is 5.82 Å². The molecule has 0 aliphatic heterocycles. The van der Waals surface area contributed by atoms with Crippen molar-refractivity contribution in [3.8, 4) is 0 Å². The number of hydrogen-bond acceptors (Lipinski definition) is 3. The Morgan fingerprint density at radius 1 is 1.32 bits per heavy atom. The number of thiazole rings is 1. The fourth-order valence-corrected chi connectivity index (χ4v) is 2.80. The Bertz CT molecular complexity index is 505. The number of halogens is 1. The van der Waals surface area contributed by atoms with Crippen LogP contribution in [0.25, 0.3) is 0 Å². The van der Waals surface area contributed by atoms with Crippen LogP contribution in [0.2, 0.25) is 0 Å². The Labute approximate surface area is 116 Å². The molecule has 1 aliphatic rings. The molecule has 1 fully saturated rings. The van der Waals surface area contributed by atoms with Crippen LogP contribution in [0.5, 0.6) is 0 Å². The highest BCUT2D eigenvalue weighted by Crippen LogP contribution is 2.24. The lowest BCUT2D eigenvalue weighted by Gasteiger charge is -2.17. The molecule has 1 heterocycles. The second kappa shape index (κ2) is 5.80. The second-order valence-electron chi connectivity index (χ2n) is 5.11. The summed E-state index contributed by atoms with van der Waals surface area (Å²) in [5, 5.41) is 5.66. The molecular weight excluding hydrogens is 259 g/mol. The van der Waals surface area contributed by atoms with E-state index in [1.807, 2.05) is 17.6 Å². The molecule has 0 saturated heterocycles. The predicted molar refractivity (Wildman–Crippen MR) is 76.0 cm³/mol. The summed E-state index contributed by atoms with van der Waals surface area (Å²) in [7, 11) is 0. The van der Waals surface area contributed by atoms with Crippen molar-refractivity contribution in [3.05, 3.63) is 52.2 Å². The maximum Gasteiger partial charge on any atom is 0.123 e. The number of hydrogen-bond donors (Lipinski definition) is 1. The number of nitrogens with zero attached hydrogens (tertiary/aromatic N) is 1. The average molecular weight is 276 g/mol. The third kappa shape index (κ3) is 3.61. The molecule has 1 aromatic heterocycles.